The second-order valence-corrected chi connectivity index (χ2v) is 7.56. The highest BCUT2D eigenvalue weighted by Gasteiger charge is 2.26. The summed E-state index contributed by atoms with van der Waals surface area (Å²) in [6.07, 6.45) is 4.96. The zero-order chi connectivity index (χ0) is 17.8. The average molecular weight is 346 g/mol. The molecule has 1 aromatic rings. The quantitative estimate of drug-likeness (QED) is 0.830. The lowest BCUT2D eigenvalue weighted by molar-refractivity contribution is -0.117. The monoisotopic (exact) mass is 346 g/mol. The zero-order valence-corrected chi connectivity index (χ0v) is 15.6. The molecule has 0 aromatic carbocycles. The van der Waals surface area contributed by atoms with Crippen LogP contribution in [0.2, 0.25) is 0 Å². The minimum atomic E-state index is -0.0265. The van der Waals surface area contributed by atoms with Gasteiger partial charge in [0.15, 0.2) is 5.82 Å². The first-order valence-corrected chi connectivity index (χ1v) is 9.36. The summed E-state index contributed by atoms with van der Waals surface area (Å²) < 4.78 is 4.97. The number of piperazine rings is 1. The van der Waals surface area contributed by atoms with Crippen LogP contribution in [0.5, 0.6) is 0 Å². The van der Waals surface area contributed by atoms with E-state index in [0.29, 0.717) is 24.0 Å². The number of aromatic nitrogens is 1. The summed E-state index contributed by atoms with van der Waals surface area (Å²) in [5.74, 6) is 2.64. The van der Waals surface area contributed by atoms with E-state index in [1.807, 2.05) is 6.92 Å². The second-order valence-electron chi connectivity index (χ2n) is 7.56. The van der Waals surface area contributed by atoms with Crippen LogP contribution in [0.3, 0.4) is 0 Å². The van der Waals surface area contributed by atoms with Gasteiger partial charge in [-0.1, -0.05) is 23.7 Å². The molecule has 1 N–H and O–H groups in total. The molecule has 1 aliphatic heterocycles. The van der Waals surface area contributed by atoms with Gasteiger partial charge in [0, 0.05) is 38.8 Å². The number of allylic oxidation sites excluding steroid dienone is 1. The zero-order valence-electron chi connectivity index (χ0n) is 15.6. The maximum absolute atomic E-state index is 12.1. The first-order chi connectivity index (χ1) is 12.0. The number of carbonyl (C=O) groups is 1. The first kappa shape index (κ1) is 18.1. The van der Waals surface area contributed by atoms with Crippen molar-refractivity contribution in [2.24, 2.45) is 11.8 Å². The molecule has 0 bridgehead atoms. The average Bonchev–Trinajstić information content (AvgIpc) is 2.97. The standard InChI is InChI=1S/C19H30N4O2/c1-14-5-4-6-15(2)17(14)12-22-7-9-23(10-8-22)13-19(24)20-18-11-16(3)25-21-18/h5,11,15,17H,4,6-10,12-13H2,1-3H3,(H,20,21,24)/t15-,17+/m0/s1. The molecule has 138 valence electrons. The molecule has 1 saturated heterocycles. The van der Waals surface area contributed by atoms with Gasteiger partial charge >= 0.3 is 0 Å². The highest BCUT2D eigenvalue weighted by Crippen LogP contribution is 2.30. The molecular formula is C19H30N4O2. The molecule has 0 unspecified atom stereocenters. The number of nitrogens with zero attached hydrogens (tertiary/aromatic N) is 3. The van der Waals surface area contributed by atoms with E-state index in [4.69, 9.17) is 4.52 Å². The highest BCUT2D eigenvalue weighted by molar-refractivity contribution is 5.91. The Morgan fingerprint density at radius 1 is 1.28 bits per heavy atom. The Labute approximate surface area is 150 Å². The molecule has 1 aromatic heterocycles. The van der Waals surface area contributed by atoms with E-state index in [2.05, 4.69) is 40.2 Å². The van der Waals surface area contributed by atoms with E-state index in [0.717, 1.165) is 38.6 Å². The van der Waals surface area contributed by atoms with E-state index >= 15 is 0 Å². The molecule has 6 heteroatoms. The van der Waals surface area contributed by atoms with E-state index in [9.17, 15) is 4.79 Å². The third-order valence-electron chi connectivity index (χ3n) is 5.54. The topological polar surface area (TPSA) is 61.6 Å². The Morgan fingerprint density at radius 2 is 2.00 bits per heavy atom. The number of hydrogen-bond acceptors (Lipinski definition) is 5. The molecule has 2 aliphatic rings. The van der Waals surface area contributed by atoms with Crippen LogP contribution in [-0.4, -0.2) is 60.1 Å². The SMILES string of the molecule is CC1=CCC[C@H](C)[C@@H]1CN1CCN(CC(=O)Nc2cc(C)on2)CC1. The Kier molecular flexibility index (Phi) is 5.91. The molecule has 0 spiro atoms. The van der Waals surface area contributed by atoms with Gasteiger partial charge in [0.2, 0.25) is 5.91 Å². The lowest BCUT2D eigenvalue weighted by Gasteiger charge is -2.38. The number of anilines is 1. The summed E-state index contributed by atoms with van der Waals surface area (Å²) in [7, 11) is 0. The van der Waals surface area contributed by atoms with Crippen LogP contribution >= 0.6 is 0 Å². The van der Waals surface area contributed by atoms with Gasteiger partial charge in [-0.15, -0.1) is 0 Å². The van der Waals surface area contributed by atoms with Gasteiger partial charge in [-0.05, 0) is 38.5 Å². The Balaban J connectivity index is 1.41. The molecule has 25 heavy (non-hydrogen) atoms. The van der Waals surface area contributed by atoms with Crippen LogP contribution < -0.4 is 5.32 Å². The summed E-state index contributed by atoms with van der Waals surface area (Å²) in [5.41, 5.74) is 1.56. The van der Waals surface area contributed by atoms with Crippen LogP contribution in [0.25, 0.3) is 0 Å². The van der Waals surface area contributed by atoms with Crippen molar-refractivity contribution in [3.63, 3.8) is 0 Å². The van der Waals surface area contributed by atoms with E-state index < -0.39 is 0 Å². The van der Waals surface area contributed by atoms with Crippen LogP contribution in [0.15, 0.2) is 22.2 Å². The summed E-state index contributed by atoms with van der Waals surface area (Å²) in [6.45, 7) is 12.0. The van der Waals surface area contributed by atoms with Crippen LogP contribution in [-0.2, 0) is 4.79 Å². The van der Waals surface area contributed by atoms with Crippen molar-refractivity contribution in [3.8, 4) is 0 Å². The van der Waals surface area contributed by atoms with Crippen molar-refractivity contribution < 1.29 is 9.32 Å². The lowest BCUT2D eigenvalue weighted by atomic mass is 9.80. The predicted octanol–water partition coefficient (Wildman–Crippen LogP) is 2.53. The first-order valence-electron chi connectivity index (χ1n) is 9.36. The summed E-state index contributed by atoms with van der Waals surface area (Å²) in [5, 5.41) is 6.59. The Bertz CT molecular complexity index is 617. The molecule has 1 amide bonds. The number of carbonyl (C=O) groups excluding carboxylic acids is 1. The van der Waals surface area contributed by atoms with Crippen molar-refractivity contribution in [2.45, 2.75) is 33.6 Å². The van der Waals surface area contributed by atoms with Crippen molar-refractivity contribution in [1.29, 1.82) is 0 Å². The lowest BCUT2D eigenvalue weighted by Crippen LogP contribution is -2.50. The molecule has 0 radical (unpaired) electrons. The normalized spacial score (nSPS) is 25.6. The fourth-order valence-corrected chi connectivity index (χ4v) is 3.92. The number of rotatable bonds is 5. The molecule has 1 fully saturated rings. The van der Waals surface area contributed by atoms with E-state index in [-0.39, 0.29) is 5.91 Å². The Morgan fingerprint density at radius 3 is 2.64 bits per heavy atom. The van der Waals surface area contributed by atoms with Crippen molar-refractivity contribution >= 4 is 11.7 Å². The van der Waals surface area contributed by atoms with Gasteiger partial charge in [0.25, 0.3) is 0 Å². The van der Waals surface area contributed by atoms with Gasteiger partial charge in [0.05, 0.1) is 6.54 Å². The second kappa shape index (κ2) is 8.15. The third-order valence-corrected chi connectivity index (χ3v) is 5.54. The Hall–Kier alpha value is -1.66. The van der Waals surface area contributed by atoms with Crippen LogP contribution in [0.1, 0.15) is 32.4 Å². The smallest absolute Gasteiger partial charge is 0.239 e. The summed E-state index contributed by atoms with van der Waals surface area (Å²) >= 11 is 0. The summed E-state index contributed by atoms with van der Waals surface area (Å²) in [4.78, 5) is 16.9. The van der Waals surface area contributed by atoms with E-state index in [1.54, 1.807) is 11.6 Å². The van der Waals surface area contributed by atoms with Crippen molar-refractivity contribution in [3.05, 3.63) is 23.5 Å². The minimum Gasteiger partial charge on any atom is -0.360 e. The van der Waals surface area contributed by atoms with Crippen LogP contribution in [0.4, 0.5) is 5.82 Å². The van der Waals surface area contributed by atoms with Crippen molar-refractivity contribution in [2.75, 3.05) is 44.6 Å². The number of nitrogens with one attached hydrogen (secondary N) is 1. The number of hydrogen-bond donors (Lipinski definition) is 1. The minimum absolute atomic E-state index is 0.0265. The molecule has 2 heterocycles. The van der Waals surface area contributed by atoms with Gasteiger partial charge in [-0.2, -0.15) is 0 Å². The predicted molar refractivity (Wildman–Crippen MR) is 98.4 cm³/mol. The van der Waals surface area contributed by atoms with Gasteiger partial charge in [0.1, 0.15) is 5.76 Å². The molecule has 2 atom stereocenters. The number of amides is 1. The van der Waals surface area contributed by atoms with Gasteiger partial charge in [-0.25, -0.2) is 0 Å². The summed E-state index contributed by atoms with van der Waals surface area (Å²) in [6, 6.07) is 1.73. The molecule has 0 saturated carbocycles. The molecule has 1 aliphatic carbocycles. The third kappa shape index (κ3) is 4.92. The fraction of sp³-hybridized carbons (Fsp3) is 0.684. The van der Waals surface area contributed by atoms with Gasteiger partial charge in [-0.3, -0.25) is 9.69 Å². The fourth-order valence-electron chi connectivity index (χ4n) is 3.92. The number of aryl methyl sites for hydroxylation is 1. The molecule has 6 nitrogen and oxygen atoms in total. The highest BCUT2D eigenvalue weighted by atomic mass is 16.5. The van der Waals surface area contributed by atoms with Crippen LogP contribution in [0, 0.1) is 18.8 Å². The molecule has 3 rings (SSSR count). The maximum Gasteiger partial charge on any atom is 0.239 e. The largest absolute Gasteiger partial charge is 0.360 e. The molecular weight excluding hydrogens is 316 g/mol. The maximum atomic E-state index is 12.1. The van der Waals surface area contributed by atoms with Gasteiger partial charge < -0.3 is 14.7 Å². The van der Waals surface area contributed by atoms with Crippen molar-refractivity contribution in [1.82, 2.24) is 15.0 Å². The van der Waals surface area contributed by atoms with E-state index in [1.165, 1.54) is 12.8 Å².